The van der Waals surface area contributed by atoms with E-state index in [0.29, 0.717) is 39.0 Å². The molecule has 28 heavy (non-hydrogen) atoms. The number of hydrogen-bond acceptors (Lipinski definition) is 7. The first-order valence-corrected chi connectivity index (χ1v) is 8.94. The highest BCUT2D eigenvalue weighted by atomic mass is 35.5. The fourth-order valence-electron chi connectivity index (χ4n) is 2.72. The Kier molecular flexibility index (Phi) is 5.83. The van der Waals surface area contributed by atoms with Crippen LogP contribution in [0.1, 0.15) is 30.0 Å². The van der Waals surface area contributed by atoms with Crippen LogP contribution in [0, 0.1) is 18.3 Å². The van der Waals surface area contributed by atoms with E-state index in [4.69, 9.17) is 26.0 Å². The van der Waals surface area contributed by atoms with E-state index in [2.05, 4.69) is 15.5 Å². The standard InChI is InChI=1S/C20H19ClN4O3/c1-11-16(8-7-14(10-22)17(11)21)23-18(12(2)26)20-25-24-19(28-20)13-5-4-6-15(9-13)27-3/h4-9,12,18,23,26H,1-3H3/t12-,18?/m0/s1. The summed E-state index contributed by atoms with van der Waals surface area (Å²) in [5.74, 6) is 1.22. The third kappa shape index (κ3) is 3.93. The highest BCUT2D eigenvalue weighted by Gasteiger charge is 2.25. The second-order valence-electron chi connectivity index (χ2n) is 6.25. The minimum atomic E-state index is -0.826. The van der Waals surface area contributed by atoms with Crippen molar-refractivity contribution in [2.45, 2.75) is 26.0 Å². The van der Waals surface area contributed by atoms with Gasteiger partial charge in [-0.3, -0.25) is 0 Å². The second-order valence-corrected chi connectivity index (χ2v) is 6.63. The number of halogens is 1. The van der Waals surface area contributed by atoms with E-state index in [1.807, 2.05) is 24.3 Å². The van der Waals surface area contributed by atoms with Crippen LogP contribution in [-0.4, -0.2) is 28.5 Å². The van der Waals surface area contributed by atoms with Crippen LogP contribution >= 0.6 is 11.6 Å². The van der Waals surface area contributed by atoms with Crippen molar-refractivity contribution in [2.75, 3.05) is 12.4 Å². The Hall–Kier alpha value is -3.08. The number of nitrogens with zero attached hydrogens (tertiary/aromatic N) is 3. The summed E-state index contributed by atoms with van der Waals surface area (Å²) in [4.78, 5) is 0. The molecular weight excluding hydrogens is 380 g/mol. The van der Waals surface area contributed by atoms with Gasteiger partial charge in [-0.15, -0.1) is 10.2 Å². The summed E-state index contributed by atoms with van der Waals surface area (Å²) in [5.41, 5.74) is 2.45. The van der Waals surface area contributed by atoms with Crippen LogP contribution in [-0.2, 0) is 0 Å². The van der Waals surface area contributed by atoms with Crippen LogP contribution in [0.4, 0.5) is 5.69 Å². The lowest BCUT2D eigenvalue weighted by Gasteiger charge is -2.21. The van der Waals surface area contributed by atoms with Gasteiger partial charge in [0.15, 0.2) is 0 Å². The Labute approximate surface area is 167 Å². The molecule has 2 aromatic carbocycles. The summed E-state index contributed by atoms with van der Waals surface area (Å²) in [6, 6.07) is 12.0. The van der Waals surface area contributed by atoms with E-state index in [-0.39, 0.29) is 5.89 Å². The zero-order valence-electron chi connectivity index (χ0n) is 15.6. The Morgan fingerprint density at radius 3 is 2.75 bits per heavy atom. The highest BCUT2D eigenvalue weighted by Crippen LogP contribution is 2.31. The topological polar surface area (TPSA) is 104 Å². The van der Waals surface area contributed by atoms with Gasteiger partial charge in [-0.05, 0) is 49.7 Å². The lowest BCUT2D eigenvalue weighted by atomic mass is 10.1. The van der Waals surface area contributed by atoms with Crippen LogP contribution in [0.15, 0.2) is 40.8 Å². The first-order valence-electron chi connectivity index (χ1n) is 8.56. The van der Waals surface area contributed by atoms with Crippen molar-refractivity contribution in [3.63, 3.8) is 0 Å². The molecule has 2 atom stereocenters. The molecule has 2 N–H and O–H groups in total. The van der Waals surface area contributed by atoms with Crippen molar-refractivity contribution in [1.82, 2.24) is 10.2 Å². The van der Waals surface area contributed by atoms with Gasteiger partial charge in [0.2, 0.25) is 11.8 Å². The number of aromatic nitrogens is 2. The Morgan fingerprint density at radius 2 is 2.07 bits per heavy atom. The number of rotatable bonds is 6. The lowest BCUT2D eigenvalue weighted by molar-refractivity contribution is 0.159. The highest BCUT2D eigenvalue weighted by molar-refractivity contribution is 6.32. The number of nitrogens with one attached hydrogen (secondary N) is 1. The smallest absolute Gasteiger partial charge is 0.247 e. The van der Waals surface area contributed by atoms with Gasteiger partial charge >= 0.3 is 0 Å². The SMILES string of the molecule is COc1cccc(-c2nnc(C(Nc3ccc(C#N)c(Cl)c3C)[C@H](C)O)o2)c1. The predicted molar refractivity (Wildman–Crippen MR) is 105 cm³/mol. The van der Waals surface area contributed by atoms with Gasteiger partial charge in [0.1, 0.15) is 17.9 Å². The monoisotopic (exact) mass is 398 g/mol. The molecule has 3 rings (SSSR count). The van der Waals surface area contributed by atoms with Gasteiger partial charge in [-0.1, -0.05) is 17.7 Å². The van der Waals surface area contributed by atoms with Gasteiger partial charge in [-0.25, -0.2) is 0 Å². The summed E-state index contributed by atoms with van der Waals surface area (Å²) >= 11 is 6.23. The van der Waals surface area contributed by atoms with Crippen molar-refractivity contribution in [3.05, 3.63) is 58.4 Å². The van der Waals surface area contributed by atoms with E-state index >= 15 is 0 Å². The summed E-state index contributed by atoms with van der Waals surface area (Å²) in [6.45, 7) is 3.41. The van der Waals surface area contributed by atoms with Crippen LogP contribution in [0.2, 0.25) is 5.02 Å². The average molecular weight is 399 g/mol. The summed E-state index contributed by atoms with van der Waals surface area (Å²) in [5, 5.41) is 31.1. The molecule has 144 valence electrons. The minimum Gasteiger partial charge on any atom is -0.497 e. The number of aliphatic hydroxyl groups excluding tert-OH is 1. The summed E-state index contributed by atoms with van der Waals surface area (Å²) in [6.07, 6.45) is -0.826. The second kappa shape index (κ2) is 8.30. The van der Waals surface area contributed by atoms with E-state index in [1.165, 1.54) is 0 Å². The quantitative estimate of drug-likeness (QED) is 0.643. The number of anilines is 1. The van der Waals surface area contributed by atoms with Gasteiger partial charge in [0, 0.05) is 11.3 Å². The van der Waals surface area contributed by atoms with Crippen molar-refractivity contribution >= 4 is 17.3 Å². The van der Waals surface area contributed by atoms with Crippen molar-refractivity contribution in [2.24, 2.45) is 0 Å². The van der Waals surface area contributed by atoms with Crippen molar-refractivity contribution < 1.29 is 14.3 Å². The van der Waals surface area contributed by atoms with E-state index < -0.39 is 12.1 Å². The number of aliphatic hydroxyl groups is 1. The molecule has 7 nitrogen and oxygen atoms in total. The Morgan fingerprint density at radius 1 is 1.29 bits per heavy atom. The summed E-state index contributed by atoms with van der Waals surface area (Å²) < 4.78 is 11.0. The number of hydrogen-bond donors (Lipinski definition) is 2. The molecule has 0 spiro atoms. The number of nitriles is 1. The maximum absolute atomic E-state index is 10.3. The summed E-state index contributed by atoms with van der Waals surface area (Å²) in [7, 11) is 1.58. The fourth-order valence-corrected chi connectivity index (χ4v) is 2.92. The van der Waals surface area contributed by atoms with E-state index in [1.54, 1.807) is 39.2 Å². The molecule has 0 saturated heterocycles. The molecule has 0 amide bonds. The Bertz CT molecular complexity index is 1030. The number of ether oxygens (including phenoxy) is 1. The van der Waals surface area contributed by atoms with Crippen LogP contribution in [0.3, 0.4) is 0 Å². The van der Waals surface area contributed by atoms with Crippen LogP contribution < -0.4 is 10.1 Å². The molecule has 8 heteroatoms. The maximum atomic E-state index is 10.3. The minimum absolute atomic E-state index is 0.229. The number of benzene rings is 2. The number of methoxy groups -OCH3 is 1. The molecular formula is C20H19ClN4O3. The first kappa shape index (κ1) is 19.7. The van der Waals surface area contributed by atoms with Crippen LogP contribution in [0.25, 0.3) is 11.5 Å². The van der Waals surface area contributed by atoms with Crippen molar-refractivity contribution in [3.8, 4) is 23.3 Å². The van der Waals surface area contributed by atoms with E-state index in [0.717, 1.165) is 0 Å². The third-order valence-electron chi connectivity index (χ3n) is 4.32. The molecule has 0 aliphatic heterocycles. The van der Waals surface area contributed by atoms with Gasteiger partial charge in [-0.2, -0.15) is 5.26 Å². The third-order valence-corrected chi connectivity index (χ3v) is 4.81. The van der Waals surface area contributed by atoms with Gasteiger partial charge in [0.05, 0.1) is 23.8 Å². The molecule has 3 aromatic rings. The normalized spacial score (nSPS) is 12.9. The van der Waals surface area contributed by atoms with Gasteiger partial charge in [0.25, 0.3) is 0 Å². The molecule has 0 saturated carbocycles. The molecule has 0 radical (unpaired) electrons. The molecule has 0 bridgehead atoms. The van der Waals surface area contributed by atoms with Gasteiger partial charge < -0.3 is 19.6 Å². The van der Waals surface area contributed by atoms with Crippen molar-refractivity contribution in [1.29, 1.82) is 5.26 Å². The Balaban J connectivity index is 1.91. The molecule has 0 fully saturated rings. The fraction of sp³-hybridized carbons (Fsp3) is 0.250. The first-order chi connectivity index (χ1) is 13.4. The average Bonchev–Trinajstić information content (AvgIpc) is 3.18. The molecule has 0 aliphatic carbocycles. The van der Waals surface area contributed by atoms with Crippen LogP contribution in [0.5, 0.6) is 5.75 Å². The predicted octanol–water partition coefficient (Wildman–Crippen LogP) is 4.11. The van der Waals surface area contributed by atoms with E-state index in [9.17, 15) is 5.11 Å². The largest absolute Gasteiger partial charge is 0.497 e. The lowest BCUT2D eigenvalue weighted by Crippen LogP contribution is -2.23. The zero-order valence-corrected chi connectivity index (χ0v) is 16.4. The maximum Gasteiger partial charge on any atom is 0.247 e. The molecule has 0 aliphatic rings. The zero-order chi connectivity index (χ0) is 20.3. The molecule has 1 heterocycles. The molecule has 1 unspecified atom stereocenters. The molecule has 1 aromatic heterocycles.